The van der Waals surface area contributed by atoms with E-state index >= 15 is 0 Å². The zero-order valence-electron chi connectivity index (χ0n) is 11.0. The van der Waals surface area contributed by atoms with Gasteiger partial charge >= 0.3 is 0 Å². The van der Waals surface area contributed by atoms with Crippen molar-refractivity contribution in [1.29, 1.82) is 0 Å². The Morgan fingerprint density at radius 1 is 1.20 bits per heavy atom. The smallest absolute Gasteiger partial charge is 0.167 e. The number of thioether (sulfide) groups is 1. The number of carbonyl (C=O) groups is 1. The van der Waals surface area contributed by atoms with E-state index in [4.69, 9.17) is 0 Å². The van der Waals surface area contributed by atoms with E-state index in [0.717, 1.165) is 16.2 Å². The first-order valence-electron chi connectivity index (χ1n) is 6.30. The van der Waals surface area contributed by atoms with Crippen LogP contribution >= 0.6 is 27.7 Å². The van der Waals surface area contributed by atoms with Crippen LogP contribution in [0.15, 0.2) is 51.8 Å². The molecule has 0 heterocycles. The van der Waals surface area contributed by atoms with Crippen LogP contribution in [0.1, 0.15) is 22.8 Å². The van der Waals surface area contributed by atoms with Gasteiger partial charge in [-0.25, -0.2) is 4.39 Å². The lowest BCUT2D eigenvalue weighted by Gasteiger charge is -2.04. The number of hydrogen-bond acceptors (Lipinski definition) is 2. The van der Waals surface area contributed by atoms with Crippen molar-refractivity contribution in [3.05, 3.63) is 63.9 Å². The highest BCUT2D eigenvalue weighted by molar-refractivity contribution is 9.10. The Labute approximate surface area is 130 Å². The molecular formula is C16H14BrFOS. The number of carbonyl (C=O) groups excluding carboxylic acids is 1. The summed E-state index contributed by atoms with van der Waals surface area (Å²) in [5, 5.41) is 0. The zero-order chi connectivity index (χ0) is 14.5. The maximum atomic E-state index is 13.1. The molecule has 104 valence electrons. The highest BCUT2D eigenvalue weighted by Gasteiger charge is 2.09. The van der Waals surface area contributed by atoms with E-state index in [-0.39, 0.29) is 18.0 Å². The third kappa shape index (κ3) is 3.93. The van der Waals surface area contributed by atoms with E-state index in [1.165, 1.54) is 6.07 Å². The van der Waals surface area contributed by atoms with Crippen molar-refractivity contribution in [2.24, 2.45) is 0 Å². The van der Waals surface area contributed by atoms with Gasteiger partial charge in [0.1, 0.15) is 5.82 Å². The molecule has 0 amide bonds. The maximum absolute atomic E-state index is 13.1. The Hall–Kier alpha value is -1.13. The molecule has 0 radical (unpaired) electrons. The summed E-state index contributed by atoms with van der Waals surface area (Å²) in [6.07, 6.45) is 0.277. The van der Waals surface area contributed by atoms with Crippen LogP contribution < -0.4 is 0 Å². The fourth-order valence-corrected chi connectivity index (χ4v) is 2.93. The van der Waals surface area contributed by atoms with Crippen molar-refractivity contribution in [1.82, 2.24) is 0 Å². The highest BCUT2D eigenvalue weighted by atomic mass is 79.9. The first-order chi connectivity index (χ1) is 9.60. The Morgan fingerprint density at radius 3 is 2.50 bits per heavy atom. The molecule has 2 rings (SSSR count). The number of Topliss-reactive ketones (excluding diaryl/α,β-unsaturated/α-hetero) is 1. The standard InChI is InChI=1S/C16H14BrFOS/c1-2-20-13-6-4-12(5-7-13)16(19)10-11-3-8-15(18)14(17)9-11/h3-9H,2,10H2,1H3. The zero-order valence-corrected chi connectivity index (χ0v) is 13.4. The molecule has 4 heteroatoms. The van der Waals surface area contributed by atoms with Crippen LogP contribution in [0.4, 0.5) is 4.39 Å². The van der Waals surface area contributed by atoms with Crippen LogP contribution in [0.2, 0.25) is 0 Å². The van der Waals surface area contributed by atoms with Gasteiger partial charge in [0, 0.05) is 16.9 Å². The largest absolute Gasteiger partial charge is 0.294 e. The van der Waals surface area contributed by atoms with Crippen LogP contribution in [0.25, 0.3) is 0 Å². The quantitative estimate of drug-likeness (QED) is 0.548. The molecule has 0 saturated carbocycles. The Morgan fingerprint density at radius 2 is 1.90 bits per heavy atom. The van der Waals surface area contributed by atoms with Gasteiger partial charge in [-0.2, -0.15) is 0 Å². The van der Waals surface area contributed by atoms with Crippen molar-refractivity contribution in [2.75, 3.05) is 5.75 Å². The molecule has 0 aliphatic carbocycles. The van der Waals surface area contributed by atoms with Gasteiger partial charge in [-0.15, -0.1) is 11.8 Å². The highest BCUT2D eigenvalue weighted by Crippen LogP contribution is 2.20. The normalized spacial score (nSPS) is 10.6. The van der Waals surface area contributed by atoms with Gasteiger partial charge in [0.2, 0.25) is 0 Å². The second-order valence-electron chi connectivity index (χ2n) is 4.31. The summed E-state index contributed by atoms with van der Waals surface area (Å²) < 4.78 is 13.5. The summed E-state index contributed by atoms with van der Waals surface area (Å²) >= 11 is 4.87. The molecule has 0 N–H and O–H groups in total. The van der Waals surface area contributed by atoms with Crippen LogP contribution in [-0.4, -0.2) is 11.5 Å². The minimum Gasteiger partial charge on any atom is -0.294 e. The van der Waals surface area contributed by atoms with Crippen LogP contribution in [0.3, 0.4) is 0 Å². The van der Waals surface area contributed by atoms with Crippen molar-refractivity contribution >= 4 is 33.5 Å². The number of benzene rings is 2. The predicted molar refractivity (Wildman–Crippen MR) is 85.0 cm³/mol. The minimum atomic E-state index is -0.317. The van der Waals surface area contributed by atoms with E-state index in [9.17, 15) is 9.18 Å². The van der Waals surface area contributed by atoms with E-state index < -0.39 is 0 Å². The summed E-state index contributed by atoms with van der Waals surface area (Å²) in [6, 6.07) is 12.3. The van der Waals surface area contributed by atoms with Gasteiger partial charge in [0.05, 0.1) is 4.47 Å². The average Bonchev–Trinajstić information content (AvgIpc) is 2.44. The first-order valence-corrected chi connectivity index (χ1v) is 8.08. The number of halogens is 2. The lowest BCUT2D eigenvalue weighted by molar-refractivity contribution is 0.0993. The summed E-state index contributed by atoms with van der Waals surface area (Å²) in [5.74, 6) is 0.732. The molecule has 0 fully saturated rings. The minimum absolute atomic E-state index is 0.0385. The monoisotopic (exact) mass is 352 g/mol. The Kier molecular flexibility index (Phi) is 5.38. The summed E-state index contributed by atoms with van der Waals surface area (Å²) in [7, 11) is 0. The molecule has 20 heavy (non-hydrogen) atoms. The maximum Gasteiger partial charge on any atom is 0.167 e. The second kappa shape index (κ2) is 7.04. The lowest BCUT2D eigenvalue weighted by Crippen LogP contribution is -2.03. The van der Waals surface area contributed by atoms with E-state index in [2.05, 4.69) is 22.9 Å². The summed E-state index contributed by atoms with van der Waals surface area (Å²) in [6.45, 7) is 2.09. The lowest BCUT2D eigenvalue weighted by atomic mass is 10.0. The molecule has 2 aromatic carbocycles. The van der Waals surface area contributed by atoms with Crippen LogP contribution in [-0.2, 0) is 6.42 Å². The van der Waals surface area contributed by atoms with E-state index in [1.54, 1.807) is 23.9 Å². The molecule has 0 aromatic heterocycles. The molecule has 0 saturated heterocycles. The average molecular weight is 353 g/mol. The molecular weight excluding hydrogens is 339 g/mol. The molecule has 2 aromatic rings. The number of hydrogen-bond donors (Lipinski definition) is 0. The van der Waals surface area contributed by atoms with Crippen molar-refractivity contribution < 1.29 is 9.18 Å². The third-order valence-corrected chi connectivity index (χ3v) is 4.34. The fourth-order valence-electron chi connectivity index (χ4n) is 1.84. The van der Waals surface area contributed by atoms with Gasteiger partial charge in [0.25, 0.3) is 0 Å². The van der Waals surface area contributed by atoms with Gasteiger partial charge in [-0.3, -0.25) is 4.79 Å². The van der Waals surface area contributed by atoms with Crippen molar-refractivity contribution in [2.45, 2.75) is 18.2 Å². The number of rotatable bonds is 5. The predicted octanol–water partition coefficient (Wildman–Crippen LogP) is 5.13. The van der Waals surface area contributed by atoms with Crippen molar-refractivity contribution in [3.8, 4) is 0 Å². The fraction of sp³-hybridized carbons (Fsp3) is 0.188. The third-order valence-electron chi connectivity index (χ3n) is 2.84. The SMILES string of the molecule is CCSc1ccc(C(=O)Cc2ccc(F)c(Br)c2)cc1. The Bertz CT molecular complexity index is 610. The van der Waals surface area contributed by atoms with Gasteiger partial charge < -0.3 is 0 Å². The molecule has 1 nitrogen and oxygen atoms in total. The van der Waals surface area contributed by atoms with Crippen LogP contribution in [0, 0.1) is 5.82 Å². The molecule has 0 atom stereocenters. The summed E-state index contributed by atoms with van der Waals surface area (Å²) in [4.78, 5) is 13.3. The van der Waals surface area contributed by atoms with Gasteiger partial charge in [0.15, 0.2) is 5.78 Å². The Balaban J connectivity index is 2.09. The molecule has 0 bridgehead atoms. The van der Waals surface area contributed by atoms with Crippen LogP contribution in [0.5, 0.6) is 0 Å². The van der Waals surface area contributed by atoms with Gasteiger partial charge in [-0.1, -0.05) is 25.1 Å². The number of ketones is 1. The molecule has 0 unspecified atom stereocenters. The van der Waals surface area contributed by atoms with Gasteiger partial charge in [-0.05, 0) is 51.5 Å². The first kappa shape index (κ1) is 15.3. The summed E-state index contributed by atoms with van der Waals surface area (Å²) in [5.41, 5.74) is 1.49. The topological polar surface area (TPSA) is 17.1 Å². The van der Waals surface area contributed by atoms with Crippen molar-refractivity contribution in [3.63, 3.8) is 0 Å². The molecule has 0 aliphatic rings. The second-order valence-corrected chi connectivity index (χ2v) is 6.50. The van der Waals surface area contributed by atoms with E-state index in [1.807, 2.05) is 24.3 Å². The molecule has 0 spiro atoms. The molecule has 0 aliphatic heterocycles. The van der Waals surface area contributed by atoms with E-state index in [0.29, 0.717) is 10.0 Å².